The Balaban J connectivity index is 1.54. The predicted molar refractivity (Wildman–Crippen MR) is 82.0 cm³/mol. The van der Waals surface area contributed by atoms with Gasteiger partial charge in [0, 0.05) is 37.9 Å². The average Bonchev–Trinajstić information content (AvgIpc) is 3.07. The highest BCUT2D eigenvalue weighted by atomic mass is 19.1. The Bertz CT molecular complexity index is 618. The number of nitrogens with zero attached hydrogens (tertiary/aromatic N) is 4. The highest BCUT2D eigenvalue weighted by molar-refractivity contribution is 5.78. The molecule has 0 unspecified atom stereocenters. The molecule has 0 aliphatic carbocycles. The zero-order valence-corrected chi connectivity index (χ0v) is 12.2. The summed E-state index contributed by atoms with van der Waals surface area (Å²) in [6.07, 6.45) is 1.52. The van der Waals surface area contributed by atoms with Gasteiger partial charge in [0.15, 0.2) is 5.96 Å². The van der Waals surface area contributed by atoms with E-state index in [2.05, 4.69) is 15.0 Å². The van der Waals surface area contributed by atoms with Crippen LogP contribution in [-0.4, -0.2) is 42.2 Å². The van der Waals surface area contributed by atoms with E-state index in [1.165, 1.54) is 18.4 Å². The highest BCUT2D eigenvalue weighted by Crippen LogP contribution is 2.16. The summed E-state index contributed by atoms with van der Waals surface area (Å²) in [5, 5.41) is 3.80. The number of aliphatic imine (C=N–C) groups is 1. The molecule has 0 radical (unpaired) electrons. The lowest BCUT2D eigenvalue weighted by molar-refractivity contribution is 0.380. The molecule has 0 amide bonds. The smallest absolute Gasteiger partial charge is 0.191 e. The Hall–Kier alpha value is -2.57. The summed E-state index contributed by atoms with van der Waals surface area (Å²) in [6.45, 7) is 3.63. The molecule has 7 heteroatoms. The number of nitrogens with two attached hydrogens (primary N) is 1. The summed E-state index contributed by atoms with van der Waals surface area (Å²) >= 11 is 0. The van der Waals surface area contributed by atoms with Crippen molar-refractivity contribution < 1.29 is 8.91 Å². The van der Waals surface area contributed by atoms with E-state index >= 15 is 0 Å². The third-order valence-electron chi connectivity index (χ3n) is 3.69. The van der Waals surface area contributed by atoms with Gasteiger partial charge < -0.3 is 20.1 Å². The maximum Gasteiger partial charge on any atom is 0.191 e. The van der Waals surface area contributed by atoms with Crippen molar-refractivity contribution >= 4 is 11.6 Å². The van der Waals surface area contributed by atoms with Gasteiger partial charge in [-0.3, -0.25) is 0 Å². The van der Waals surface area contributed by atoms with E-state index in [1.54, 1.807) is 18.2 Å². The molecule has 2 N–H and O–H groups in total. The van der Waals surface area contributed by atoms with Gasteiger partial charge in [0.1, 0.15) is 17.8 Å². The van der Waals surface area contributed by atoms with E-state index in [0.29, 0.717) is 12.5 Å². The lowest BCUT2D eigenvalue weighted by Crippen LogP contribution is -2.51. The molecule has 0 saturated carbocycles. The summed E-state index contributed by atoms with van der Waals surface area (Å²) in [5.74, 6) is 0.299. The van der Waals surface area contributed by atoms with Gasteiger partial charge in [-0.1, -0.05) is 5.16 Å². The third-order valence-corrected chi connectivity index (χ3v) is 3.69. The van der Waals surface area contributed by atoms with Gasteiger partial charge in [0.2, 0.25) is 0 Å². The molecule has 0 spiro atoms. The van der Waals surface area contributed by atoms with Gasteiger partial charge in [-0.2, -0.15) is 0 Å². The molecule has 2 heterocycles. The first kappa shape index (κ1) is 14.4. The number of rotatable bonds is 3. The standard InChI is InChI=1S/C15H18FN5O/c16-12-1-3-14(4-2-12)20-6-8-21(9-7-20)15(17)18-11-13-5-10-22-19-13/h1-5,10H,6-9,11H2,(H2,17,18). The van der Waals surface area contributed by atoms with Crippen molar-refractivity contribution in [2.24, 2.45) is 10.7 Å². The van der Waals surface area contributed by atoms with Gasteiger partial charge >= 0.3 is 0 Å². The van der Waals surface area contributed by atoms with E-state index in [-0.39, 0.29) is 5.82 Å². The third kappa shape index (κ3) is 3.36. The van der Waals surface area contributed by atoms with Gasteiger partial charge in [-0.15, -0.1) is 0 Å². The van der Waals surface area contributed by atoms with E-state index < -0.39 is 0 Å². The van der Waals surface area contributed by atoms with Crippen LogP contribution in [0.5, 0.6) is 0 Å². The molecule has 1 aromatic heterocycles. The summed E-state index contributed by atoms with van der Waals surface area (Å²) in [5.41, 5.74) is 7.80. The quantitative estimate of drug-likeness (QED) is 0.686. The lowest BCUT2D eigenvalue weighted by Gasteiger charge is -2.36. The first-order valence-corrected chi connectivity index (χ1v) is 7.17. The van der Waals surface area contributed by atoms with Crippen LogP contribution in [-0.2, 0) is 6.54 Å². The number of anilines is 1. The monoisotopic (exact) mass is 303 g/mol. The van der Waals surface area contributed by atoms with Crippen molar-refractivity contribution in [2.75, 3.05) is 31.1 Å². The van der Waals surface area contributed by atoms with E-state index in [9.17, 15) is 4.39 Å². The minimum Gasteiger partial charge on any atom is -0.370 e. The molecule has 3 rings (SSSR count). The molecule has 0 bridgehead atoms. The number of aromatic nitrogens is 1. The largest absolute Gasteiger partial charge is 0.370 e. The van der Waals surface area contributed by atoms with Crippen LogP contribution in [0, 0.1) is 5.82 Å². The van der Waals surface area contributed by atoms with Crippen molar-refractivity contribution in [3.05, 3.63) is 48.1 Å². The van der Waals surface area contributed by atoms with Crippen LogP contribution in [0.4, 0.5) is 10.1 Å². The fraction of sp³-hybridized carbons (Fsp3) is 0.333. The molecule has 1 aromatic carbocycles. The second-order valence-electron chi connectivity index (χ2n) is 5.12. The second kappa shape index (κ2) is 6.46. The first-order chi connectivity index (χ1) is 10.7. The Labute approximate surface area is 128 Å². The van der Waals surface area contributed by atoms with E-state index in [0.717, 1.165) is 37.6 Å². The topological polar surface area (TPSA) is 70.9 Å². The second-order valence-corrected chi connectivity index (χ2v) is 5.12. The van der Waals surface area contributed by atoms with Crippen molar-refractivity contribution in [1.29, 1.82) is 0 Å². The molecular formula is C15H18FN5O. The summed E-state index contributed by atoms with van der Waals surface area (Å²) in [4.78, 5) is 8.58. The van der Waals surface area contributed by atoms with Gasteiger partial charge in [0.25, 0.3) is 0 Å². The fourth-order valence-corrected chi connectivity index (χ4v) is 2.43. The van der Waals surface area contributed by atoms with Crippen LogP contribution < -0.4 is 10.6 Å². The zero-order valence-electron chi connectivity index (χ0n) is 12.2. The van der Waals surface area contributed by atoms with E-state index in [4.69, 9.17) is 10.3 Å². The molecule has 1 aliphatic heterocycles. The molecule has 116 valence electrons. The summed E-state index contributed by atoms with van der Waals surface area (Å²) in [6, 6.07) is 8.33. The van der Waals surface area contributed by atoms with Crippen molar-refractivity contribution in [3.63, 3.8) is 0 Å². The van der Waals surface area contributed by atoms with E-state index in [1.807, 2.05) is 4.90 Å². The number of hydrogen-bond donors (Lipinski definition) is 1. The number of benzene rings is 1. The maximum absolute atomic E-state index is 13.0. The van der Waals surface area contributed by atoms with Crippen molar-refractivity contribution in [3.8, 4) is 0 Å². The van der Waals surface area contributed by atoms with Crippen LogP contribution in [0.15, 0.2) is 46.1 Å². The Morgan fingerprint density at radius 2 is 1.91 bits per heavy atom. The van der Waals surface area contributed by atoms with Crippen LogP contribution in [0.25, 0.3) is 0 Å². The molecule has 6 nitrogen and oxygen atoms in total. The predicted octanol–water partition coefficient (Wildman–Crippen LogP) is 1.45. The van der Waals surface area contributed by atoms with Crippen molar-refractivity contribution in [2.45, 2.75) is 6.54 Å². The molecule has 1 fully saturated rings. The summed E-state index contributed by atoms with van der Waals surface area (Å²) in [7, 11) is 0. The minimum absolute atomic E-state index is 0.216. The fourth-order valence-electron chi connectivity index (χ4n) is 2.43. The molecular weight excluding hydrogens is 285 g/mol. The van der Waals surface area contributed by atoms with Gasteiger partial charge in [-0.25, -0.2) is 9.38 Å². The molecule has 1 saturated heterocycles. The van der Waals surface area contributed by atoms with Crippen LogP contribution in [0.3, 0.4) is 0 Å². The molecule has 0 atom stereocenters. The normalized spacial score (nSPS) is 16.1. The van der Waals surface area contributed by atoms with Crippen LogP contribution >= 0.6 is 0 Å². The van der Waals surface area contributed by atoms with Gasteiger partial charge in [0.05, 0.1) is 6.54 Å². The van der Waals surface area contributed by atoms with Crippen LogP contribution in [0.2, 0.25) is 0 Å². The number of piperazine rings is 1. The van der Waals surface area contributed by atoms with Gasteiger partial charge in [-0.05, 0) is 24.3 Å². The Kier molecular flexibility index (Phi) is 4.22. The number of guanidine groups is 1. The first-order valence-electron chi connectivity index (χ1n) is 7.17. The SMILES string of the molecule is NC(=NCc1ccon1)N1CCN(c2ccc(F)cc2)CC1. The molecule has 2 aromatic rings. The lowest BCUT2D eigenvalue weighted by atomic mass is 10.2. The van der Waals surface area contributed by atoms with Crippen molar-refractivity contribution in [1.82, 2.24) is 10.1 Å². The highest BCUT2D eigenvalue weighted by Gasteiger charge is 2.18. The summed E-state index contributed by atoms with van der Waals surface area (Å²) < 4.78 is 17.7. The van der Waals surface area contributed by atoms with Crippen LogP contribution in [0.1, 0.15) is 5.69 Å². The molecule has 22 heavy (non-hydrogen) atoms. The number of hydrogen-bond acceptors (Lipinski definition) is 4. The zero-order chi connectivity index (χ0) is 15.4. The maximum atomic E-state index is 13.0. The molecule has 1 aliphatic rings. The minimum atomic E-state index is -0.216. The Morgan fingerprint density at radius 1 is 1.18 bits per heavy atom. The Morgan fingerprint density at radius 3 is 2.55 bits per heavy atom. The average molecular weight is 303 g/mol. The number of halogens is 1.